The van der Waals surface area contributed by atoms with Crippen LogP contribution in [-0.2, 0) is 4.79 Å². The predicted octanol–water partition coefficient (Wildman–Crippen LogP) is 4.09. The van der Waals surface area contributed by atoms with Gasteiger partial charge in [-0.25, -0.2) is 0 Å². The Labute approximate surface area is 162 Å². The smallest absolute Gasteiger partial charge is 0.242 e. The van der Waals surface area contributed by atoms with Crippen LogP contribution in [0.25, 0.3) is 0 Å². The van der Waals surface area contributed by atoms with Gasteiger partial charge in [-0.05, 0) is 30.5 Å². The molecule has 1 atom stereocenters. The second-order valence-electron chi connectivity index (χ2n) is 6.38. The van der Waals surface area contributed by atoms with Crippen LogP contribution in [0.3, 0.4) is 0 Å². The van der Waals surface area contributed by atoms with E-state index < -0.39 is 5.25 Å². The molecule has 1 aliphatic carbocycles. The number of amides is 1. The van der Waals surface area contributed by atoms with Gasteiger partial charge in [0.15, 0.2) is 5.16 Å². The van der Waals surface area contributed by atoms with E-state index in [9.17, 15) is 4.79 Å². The van der Waals surface area contributed by atoms with Crippen molar-refractivity contribution in [2.75, 3.05) is 12.4 Å². The van der Waals surface area contributed by atoms with Crippen molar-refractivity contribution in [1.82, 2.24) is 14.8 Å². The van der Waals surface area contributed by atoms with Gasteiger partial charge in [0.25, 0.3) is 0 Å². The van der Waals surface area contributed by atoms with Crippen molar-refractivity contribution in [2.24, 2.45) is 0 Å². The second kappa shape index (κ2) is 7.84. The van der Waals surface area contributed by atoms with Gasteiger partial charge in [0, 0.05) is 17.8 Å². The average molecular weight is 380 g/mol. The highest BCUT2D eigenvalue weighted by molar-refractivity contribution is 8.00. The molecule has 1 saturated carbocycles. The summed E-state index contributed by atoms with van der Waals surface area (Å²) >= 11 is 1.43. The predicted molar refractivity (Wildman–Crippen MR) is 105 cm³/mol. The number of aromatic nitrogens is 3. The Morgan fingerprint density at radius 2 is 2.04 bits per heavy atom. The molecule has 0 radical (unpaired) electrons. The van der Waals surface area contributed by atoms with E-state index in [0.29, 0.717) is 17.5 Å². The van der Waals surface area contributed by atoms with E-state index in [1.54, 1.807) is 19.5 Å². The third-order valence-electron chi connectivity index (χ3n) is 4.38. The molecule has 6 nitrogen and oxygen atoms in total. The lowest BCUT2D eigenvalue weighted by atomic mass is 10.1. The van der Waals surface area contributed by atoms with Gasteiger partial charge in [-0.1, -0.05) is 48.2 Å². The van der Waals surface area contributed by atoms with Crippen LogP contribution in [0.15, 0.2) is 66.1 Å². The molecule has 1 aliphatic rings. The van der Waals surface area contributed by atoms with Crippen molar-refractivity contribution in [3.8, 4) is 5.75 Å². The van der Waals surface area contributed by atoms with Gasteiger partial charge < -0.3 is 14.6 Å². The molecule has 4 rings (SSSR count). The van der Waals surface area contributed by atoms with Gasteiger partial charge in [0.2, 0.25) is 5.91 Å². The Bertz CT molecular complexity index is 924. The minimum Gasteiger partial charge on any atom is -0.497 e. The van der Waals surface area contributed by atoms with Crippen LogP contribution in [0.1, 0.15) is 29.7 Å². The summed E-state index contributed by atoms with van der Waals surface area (Å²) in [5.74, 6) is 0.593. The van der Waals surface area contributed by atoms with Gasteiger partial charge in [-0.2, -0.15) is 0 Å². The first kappa shape index (κ1) is 17.6. The van der Waals surface area contributed by atoms with E-state index in [0.717, 1.165) is 23.6 Å². The van der Waals surface area contributed by atoms with Crippen LogP contribution >= 0.6 is 11.8 Å². The van der Waals surface area contributed by atoms with E-state index in [4.69, 9.17) is 4.74 Å². The first-order chi connectivity index (χ1) is 13.2. The summed E-state index contributed by atoms with van der Waals surface area (Å²) in [6.07, 6.45) is 4.03. The maximum Gasteiger partial charge on any atom is 0.242 e. The molecule has 1 N–H and O–H groups in total. The van der Waals surface area contributed by atoms with Crippen LogP contribution in [0, 0.1) is 0 Å². The summed E-state index contributed by atoms with van der Waals surface area (Å²) in [6.45, 7) is 0. The summed E-state index contributed by atoms with van der Waals surface area (Å²) in [4.78, 5) is 13.1. The van der Waals surface area contributed by atoms with Crippen molar-refractivity contribution in [1.29, 1.82) is 0 Å². The molecular formula is C20H20N4O2S. The third kappa shape index (κ3) is 4.14. The number of anilines is 1. The Morgan fingerprint density at radius 1 is 1.22 bits per heavy atom. The third-order valence-corrected chi connectivity index (χ3v) is 5.61. The van der Waals surface area contributed by atoms with Gasteiger partial charge in [0.1, 0.15) is 17.3 Å². The number of hydrogen-bond acceptors (Lipinski definition) is 5. The molecule has 0 saturated heterocycles. The van der Waals surface area contributed by atoms with E-state index in [-0.39, 0.29) is 5.91 Å². The highest BCUT2D eigenvalue weighted by atomic mass is 32.2. The summed E-state index contributed by atoms with van der Waals surface area (Å²) in [7, 11) is 1.61. The van der Waals surface area contributed by atoms with Crippen LogP contribution in [0.4, 0.5) is 5.69 Å². The summed E-state index contributed by atoms with van der Waals surface area (Å²) in [6, 6.07) is 17.5. The molecular weight excluding hydrogens is 360 g/mol. The highest BCUT2D eigenvalue weighted by Crippen LogP contribution is 2.41. The number of nitrogens with zero attached hydrogens (tertiary/aromatic N) is 3. The SMILES string of the molecule is COc1cccc(NC(=O)[C@@H](Sc2nncn2C2CC2)c2ccccc2)c1. The van der Waals surface area contributed by atoms with Crippen molar-refractivity contribution in [2.45, 2.75) is 29.3 Å². The quantitative estimate of drug-likeness (QED) is 0.625. The fourth-order valence-electron chi connectivity index (χ4n) is 2.83. The van der Waals surface area contributed by atoms with Crippen molar-refractivity contribution in [3.05, 3.63) is 66.5 Å². The summed E-state index contributed by atoms with van der Waals surface area (Å²) in [5, 5.41) is 11.6. The summed E-state index contributed by atoms with van der Waals surface area (Å²) in [5.41, 5.74) is 1.62. The van der Waals surface area contributed by atoms with Gasteiger partial charge in [-0.15, -0.1) is 10.2 Å². The van der Waals surface area contributed by atoms with E-state index in [1.165, 1.54) is 11.8 Å². The molecule has 1 aromatic heterocycles. The number of rotatable bonds is 7. The molecule has 0 bridgehead atoms. The second-order valence-corrected chi connectivity index (χ2v) is 7.45. The van der Waals surface area contributed by atoms with Crippen molar-refractivity contribution in [3.63, 3.8) is 0 Å². The number of carbonyl (C=O) groups is 1. The average Bonchev–Trinajstić information content (AvgIpc) is 3.45. The van der Waals surface area contributed by atoms with Gasteiger partial charge in [0.05, 0.1) is 7.11 Å². The number of benzene rings is 2. The lowest BCUT2D eigenvalue weighted by Gasteiger charge is -2.17. The van der Waals surface area contributed by atoms with Crippen LogP contribution in [0.2, 0.25) is 0 Å². The van der Waals surface area contributed by atoms with E-state index in [1.807, 2.05) is 48.5 Å². The Kier molecular flexibility index (Phi) is 5.11. The zero-order valence-electron chi connectivity index (χ0n) is 14.9. The molecule has 7 heteroatoms. The maximum absolute atomic E-state index is 13.1. The lowest BCUT2D eigenvalue weighted by Crippen LogP contribution is -2.19. The Morgan fingerprint density at radius 3 is 2.78 bits per heavy atom. The molecule has 138 valence electrons. The number of hydrogen-bond donors (Lipinski definition) is 1. The molecule has 0 spiro atoms. The molecule has 1 fully saturated rings. The van der Waals surface area contributed by atoms with E-state index >= 15 is 0 Å². The Hall–Kier alpha value is -2.80. The zero-order valence-corrected chi connectivity index (χ0v) is 15.7. The number of methoxy groups -OCH3 is 1. The van der Waals surface area contributed by atoms with Crippen molar-refractivity contribution >= 4 is 23.4 Å². The molecule has 1 heterocycles. The standard InChI is InChI=1S/C20H20N4O2S/c1-26-17-9-5-8-15(12-17)22-19(25)18(14-6-3-2-4-7-14)27-20-23-21-13-24(20)16-10-11-16/h2-9,12-13,16,18H,10-11H2,1H3,(H,22,25)/t18-/m0/s1. The van der Waals surface area contributed by atoms with E-state index in [2.05, 4.69) is 20.1 Å². The number of thioether (sulfide) groups is 1. The monoisotopic (exact) mass is 380 g/mol. The largest absolute Gasteiger partial charge is 0.497 e. The molecule has 0 unspecified atom stereocenters. The van der Waals surface area contributed by atoms with Gasteiger partial charge in [-0.3, -0.25) is 4.79 Å². The molecule has 1 amide bonds. The normalized spacial score (nSPS) is 14.6. The first-order valence-corrected chi connectivity index (χ1v) is 9.68. The molecule has 3 aromatic rings. The number of ether oxygens (including phenoxy) is 1. The number of nitrogens with one attached hydrogen (secondary N) is 1. The highest BCUT2D eigenvalue weighted by Gasteiger charge is 2.30. The number of carbonyl (C=O) groups excluding carboxylic acids is 1. The fourth-order valence-corrected chi connectivity index (χ4v) is 3.92. The van der Waals surface area contributed by atoms with Gasteiger partial charge >= 0.3 is 0 Å². The minimum absolute atomic E-state index is 0.107. The summed E-state index contributed by atoms with van der Waals surface area (Å²) < 4.78 is 7.31. The zero-order chi connectivity index (χ0) is 18.6. The van der Waals surface area contributed by atoms with Crippen molar-refractivity contribution < 1.29 is 9.53 Å². The molecule has 2 aromatic carbocycles. The van der Waals surface area contributed by atoms with Crippen LogP contribution in [-0.4, -0.2) is 27.8 Å². The van der Waals surface area contributed by atoms with Crippen LogP contribution < -0.4 is 10.1 Å². The topological polar surface area (TPSA) is 69.0 Å². The first-order valence-electron chi connectivity index (χ1n) is 8.80. The lowest BCUT2D eigenvalue weighted by molar-refractivity contribution is -0.115. The maximum atomic E-state index is 13.1. The molecule has 0 aliphatic heterocycles. The van der Waals surface area contributed by atoms with Crippen LogP contribution in [0.5, 0.6) is 5.75 Å². The fraction of sp³-hybridized carbons (Fsp3) is 0.250. The molecule has 27 heavy (non-hydrogen) atoms. The Balaban J connectivity index is 1.59. The minimum atomic E-state index is -0.431.